The Labute approximate surface area is 161 Å². The predicted molar refractivity (Wildman–Crippen MR) is 101 cm³/mol. The number of aliphatic hydroxyl groups is 1. The summed E-state index contributed by atoms with van der Waals surface area (Å²) in [6, 6.07) is 4.51. The van der Waals surface area contributed by atoms with E-state index in [0.717, 1.165) is 16.5 Å². The zero-order valence-electron chi connectivity index (χ0n) is 15.3. The Hall–Kier alpha value is -2.91. The average molecular weight is 388 g/mol. The summed E-state index contributed by atoms with van der Waals surface area (Å²) >= 11 is 0. The molecular formula is C19H24N4O5. The molecule has 1 aliphatic heterocycles. The summed E-state index contributed by atoms with van der Waals surface area (Å²) in [7, 11) is 0. The van der Waals surface area contributed by atoms with Crippen LogP contribution in [0.4, 0.5) is 0 Å². The third kappa shape index (κ3) is 4.00. The maximum absolute atomic E-state index is 12.7. The lowest BCUT2D eigenvalue weighted by Gasteiger charge is -2.27. The zero-order chi connectivity index (χ0) is 20.3. The molecule has 2 aromatic rings. The smallest absolute Gasteiger partial charge is 0.326 e. The van der Waals surface area contributed by atoms with Gasteiger partial charge in [0.15, 0.2) is 0 Å². The van der Waals surface area contributed by atoms with Gasteiger partial charge in [0.2, 0.25) is 11.8 Å². The van der Waals surface area contributed by atoms with Crippen LogP contribution in [0.15, 0.2) is 30.5 Å². The molecule has 6 N–H and O–H groups in total. The first-order valence-electron chi connectivity index (χ1n) is 9.17. The summed E-state index contributed by atoms with van der Waals surface area (Å²) in [4.78, 5) is 41.1. The molecule has 0 spiro atoms. The minimum atomic E-state index is -1.15. The fourth-order valence-corrected chi connectivity index (χ4v) is 3.58. The predicted octanol–water partition coefficient (Wildman–Crippen LogP) is -0.410. The van der Waals surface area contributed by atoms with Gasteiger partial charge < -0.3 is 31.1 Å². The first-order chi connectivity index (χ1) is 13.4. The number of hydrogen-bond acceptors (Lipinski definition) is 5. The topological polar surface area (TPSA) is 149 Å². The van der Waals surface area contributed by atoms with Crippen molar-refractivity contribution in [1.29, 1.82) is 0 Å². The lowest BCUT2D eigenvalue weighted by molar-refractivity contribution is -0.144. The van der Waals surface area contributed by atoms with E-state index in [0.29, 0.717) is 19.4 Å². The molecule has 1 aromatic carbocycles. The zero-order valence-corrected chi connectivity index (χ0v) is 15.3. The van der Waals surface area contributed by atoms with Gasteiger partial charge in [0.1, 0.15) is 18.1 Å². The van der Waals surface area contributed by atoms with Gasteiger partial charge in [-0.05, 0) is 24.5 Å². The largest absolute Gasteiger partial charge is 0.480 e. The first kappa shape index (κ1) is 19.8. The molecule has 2 amide bonds. The Morgan fingerprint density at radius 1 is 1.32 bits per heavy atom. The van der Waals surface area contributed by atoms with E-state index in [1.807, 2.05) is 24.3 Å². The van der Waals surface area contributed by atoms with Crippen molar-refractivity contribution in [2.45, 2.75) is 37.4 Å². The van der Waals surface area contributed by atoms with Gasteiger partial charge in [-0.1, -0.05) is 18.2 Å². The van der Waals surface area contributed by atoms with Crippen LogP contribution in [0.25, 0.3) is 10.9 Å². The van der Waals surface area contributed by atoms with Crippen molar-refractivity contribution in [2.75, 3.05) is 13.2 Å². The molecule has 9 heteroatoms. The van der Waals surface area contributed by atoms with Crippen molar-refractivity contribution >= 4 is 28.7 Å². The molecular weight excluding hydrogens is 364 g/mol. The normalized spacial score (nSPS) is 18.8. The molecule has 1 aromatic heterocycles. The second-order valence-corrected chi connectivity index (χ2v) is 6.94. The minimum absolute atomic E-state index is 0.113. The number of hydrogen-bond donors (Lipinski definition) is 5. The van der Waals surface area contributed by atoms with E-state index < -0.39 is 42.5 Å². The highest BCUT2D eigenvalue weighted by Gasteiger charge is 2.37. The summed E-state index contributed by atoms with van der Waals surface area (Å²) in [6.45, 7) is -0.160. The highest BCUT2D eigenvalue weighted by molar-refractivity contribution is 5.92. The molecule has 1 fully saturated rings. The molecule has 3 unspecified atom stereocenters. The molecule has 0 bridgehead atoms. The Morgan fingerprint density at radius 2 is 2.07 bits per heavy atom. The number of nitrogens with one attached hydrogen (secondary N) is 2. The number of carboxylic acid groups (broad SMARTS) is 1. The number of nitrogens with zero attached hydrogens (tertiary/aromatic N) is 1. The van der Waals surface area contributed by atoms with Crippen LogP contribution >= 0.6 is 0 Å². The van der Waals surface area contributed by atoms with Gasteiger partial charge >= 0.3 is 5.97 Å². The number of carboxylic acids is 1. The summed E-state index contributed by atoms with van der Waals surface area (Å²) in [5, 5.41) is 22.1. The third-order valence-electron chi connectivity index (χ3n) is 5.07. The van der Waals surface area contributed by atoms with Gasteiger partial charge in [-0.15, -0.1) is 0 Å². The van der Waals surface area contributed by atoms with Crippen LogP contribution in [0, 0.1) is 0 Å². The van der Waals surface area contributed by atoms with Crippen LogP contribution in [0.1, 0.15) is 18.4 Å². The van der Waals surface area contributed by atoms with Crippen LogP contribution in [0.3, 0.4) is 0 Å². The lowest BCUT2D eigenvalue weighted by atomic mass is 10.0. The van der Waals surface area contributed by atoms with Gasteiger partial charge in [-0.25, -0.2) is 4.79 Å². The number of fused-ring (bicyclic) bond motifs is 1. The van der Waals surface area contributed by atoms with Gasteiger partial charge in [0.05, 0.1) is 6.61 Å². The average Bonchev–Trinajstić information content (AvgIpc) is 3.33. The fourth-order valence-electron chi connectivity index (χ4n) is 3.58. The van der Waals surface area contributed by atoms with Crippen LogP contribution < -0.4 is 11.1 Å². The van der Waals surface area contributed by atoms with Crippen LogP contribution in [0.2, 0.25) is 0 Å². The van der Waals surface area contributed by atoms with E-state index in [4.69, 9.17) is 10.8 Å². The number of amides is 2. The second-order valence-electron chi connectivity index (χ2n) is 6.94. The van der Waals surface area contributed by atoms with E-state index in [-0.39, 0.29) is 6.42 Å². The molecule has 3 rings (SSSR count). The number of para-hydroxylation sites is 1. The summed E-state index contributed by atoms with van der Waals surface area (Å²) in [5.41, 5.74) is 7.25. The Bertz CT molecular complexity index is 880. The maximum atomic E-state index is 12.7. The van der Waals surface area contributed by atoms with E-state index in [1.54, 1.807) is 6.20 Å². The summed E-state index contributed by atoms with van der Waals surface area (Å²) in [5.74, 6) is -2.19. The van der Waals surface area contributed by atoms with E-state index >= 15 is 0 Å². The van der Waals surface area contributed by atoms with Crippen LogP contribution in [-0.2, 0) is 20.8 Å². The molecule has 0 radical (unpaired) electrons. The molecule has 9 nitrogen and oxygen atoms in total. The van der Waals surface area contributed by atoms with Gasteiger partial charge in [0, 0.05) is 30.1 Å². The number of aromatic amines is 1. The van der Waals surface area contributed by atoms with Crippen LogP contribution in [0.5, 0.6) is 0 Å². The van der Waals surface area contributed by atoms with Gasteiger partial charge in [0.25, 0.3) is 0 Å². The SMILES string of the molecule is NC(CO)C(=O)N1CCCC1C(=O)NC(Cc1c[nH]c2ccccc12)C(=O)O. The summed E-state index contributed by atoms with van der Waals surface area (Å²) in [6.07, 6.45) is 2.89. The van der Waals surface area contributed by atoms with Crippen molar-refractivity contribution in [3.63, 3.8) is 0 Å². The number of carbonyl (C=O) groups excluding carboxylic acids is 2. The number of likely N-dealkylation sites (tertiary alicyclic amines) is 1. The summed E-state index contributed by atoms with van der Waals surface area (Å²) < 4.78 is 0. The van der Waals surface area contributed by atoms with E-state index in [2.05, 4.69) is 10.3 Å². The molecule has 28 heavy (non-hydrogen) atoms. The minimum Gasteiger partial charge on any atom is -0.480 e. The monoisotopic (exact) mass is 388 g/mol. The van der Waals surface area contributed by atoms with Crippen molar-refractivity contribution < 1.29 is 24.6 Å². The molecule has 1 aliphatic rings. The second kappa shape index (κ2) is 8.41. The molecule has 150 valence electrons. The number of aromatic nitrogens is 1. The molecule has 0 saturated carbocycles. The fraction of sp³-hybridized carbons (Fsp3) is 0.421. The van der Waals surface area contributed by atoms with Gasteiger partial charge in [-0.2, -0.15) is 0 Å². The highest BCUT2D eigenvalue weighted by atomic mass is 16.4. The molecule has 2 heterocycles. The molecule has 0 aliphatic carbocycles. The number of aliphatic carboxylic acids is 1. The number of benzene rings is 1. The Morgan fingerprint density at radius 3 is 2.79 bits per heavy atom. The standard InChI is InChI=1S/C19H24N4O5/c20-13(10-24)18(26)23-7-3-6-16(23)17(25)22-15(19(27)28)8-11-9-21-14-5-2-1-4-12(11)14/h1-2,4-5,9,13,15-16,21,24H,3,6-8,10,20H2,(H,22,25)(H,27,28). The van der Waals surface area contributed by atoms with E-state index in [1.165, 1.54) is 4.90 Å². The number of rotatable bonds is 7. The Kier molecular flexibility index (Phi) is 5.96. The van der Waals surface area contributed by atoms with Crippen molar-refractivity contribution in [3.8, 4) is 0 Å². The maximum Gasteiger partial charge on any atom is 0.326 e. The number of aliphatic hydroxyl groups excluding tert-OH is 1. The van der Waals surface area contributed by atoms with Crippen molar-refractivity contribution in [1.82, 2.24) is 15.2 Å². The Balaban J connectivity index is 1.72. The van der Waals surface area contributed by atoms with Crippen LogP contribution in [-0.4, -0.2) is 69.2 Å². The molecule has 1 saturated heterocycles. The van der Waals surface area contributed by atoms with Crippen molar-refractivity contribution in [2.24, 2.45) is 5.73 Å². The van der Waals surface area contributed by atoms with Gasteiger partial charge in [-0.3, -0.25) is 9.59 Å². The number of carbonyl (C=O) groups is 3. The quantitative estimate of drug-likeness (QED) is 0.435. The number of nitrogens with two attached hydrogens (primary N) is 1. The van der Waals surface area contributed by atoms with E-state index in [9.17, 15) is 19.5 Å². The third-order valence-corrected chi connectivity index (χ3v) is 5.07. The first-order valence-corrected chi connectivity index (χ1v) is 9.17. The molecule has 3 atom stereocenters. The highest BCUT2D eigenvalue weighted by Crippen LogP contribution is 2.21. The lowest BCUT2D eigenvalue weighted by Crippen LogP contribution is -2.54. The number of H-pyrrole nitrogens is 1. The van der Waals surface area contributed by atoms with Crippen molar-refractivity contribution in [3.05, 3.63) is 36.0 Å².